The van der Waals surface area contributed by atoms with Gasteiger partial charge in [0.2, 0.25) is 5.91 Å². The van der Waals surface area contributed by atoms with Gasteiger partial charge >= 0.3 is 0 Å². The Morgan fingerprint density at radius 2 is 1.95 bits per heavy atom. The number of hydrogen-bond acceptors (Lipinski definition) is 4. The van der Waals surface area contributed by atoms with Gasteiger partial charge in [0.1, 0.15) is 6.04 Å². The Hall–Kier alpha value is -1.82. The van der Waals surface area contributed by atoms with E-state index < -0.39 is 6.04 Å². The molecule has 1 saturated heterocycles. The summed E-state index contributed by atoms with van der Waals surface area (Å²) in [6.07, 6.45) is 1.45. The quantitative estimate of drug-likeness (QED) is 0.887. The maximum absolute atomic E-state index is 12.7. The third-order valence-corrected chi connectivity index (χ3v) is 4.10. The third-order valence-electron chi connectivity index (χ3n) is 4.10. The lowest BCUT2D eigenvalue weighted by Crippen LogP contribution is -2.56. The number of likely N-dealkylation sites (N-methyl/N-ethyl adjacent to an activating group) is 1. The van der Waals surface area contributed by atoms with Crippen molar-refractivity contribution in [3.05, 3.63) is 24.2 Å². The van der Waals surface area contributed by atoms with Crippen LogP contribution in [-0.4, -0.2) is 60.4 Å². The monoisotopic (exact) mass is 307 g/mol. The maximum Gasteiger partial charge on any atom is 0.287 e. The minimum Gasteiger partial charge on any atom is -0.459 e. The first kappa shape index (κ1) is 16.5. The molecule has 1 atom stereocenters. The van der Waals surface area contributed by atoms with E-state index in [0.29, 0.717) is 13.1 Å². The Kier molecular flexibility index (Phi) is 5.60. The van der Waals surface area contributed by atoms with Gasteiger partial charge in [-0.3, -0.25) is 9.59 Å². The van der Waals surface area contributed by atoms with Gasteiger partial charge in [0.15, 0.2) is 5.76 Å². The largest absolute Gasteiger partial charge is 0.459 e. The molecule has 1 aliphatic rings. The van der Waals surface area contributed by atoms with Gasteiger partial charge in [-0.1, -0.05) is 20.8 Å². The molecule has 22 heavy (non-hydrogen) atoms. The Labute approximate surface area is 131 Å². The number of rotatable bonds is 5. The van der Waals surface area contributed by atoms with E-state index in [1.807, 2.05) is 18.7 Å². The highest BCUT2D eigenvalue weighted by atomic mass is 16.3. The normalized spacial score (nSPS) is 17.5. The fourth-order valence-electron chi connectivity index (χ4n) is 2.61. The van der Waals surface area contributed by atoms with E-state index in [1.165, 1.54) is 6.26 Å². The van der Waals surface area contributed by atoms with Gasteiger partial charge in [0, 0.05) is 26.2 Å². The van der Waals surface area contributed by atoms with E-state index in [-0.39, 0.29) is 23.5 Å². The van der Waals surface area contributed by atoms with Gasteiger partial charge in [-0.15, -0.1) is 0 Å². The van der Waals surface area contributed by atoms with Crippen LogP contribution in [0.15, 0.2) is 22.8 Å². The zero-order valence-corrected chi connectivity index (χ0v) is 13.5. The van der Waals surface area contributed by atoms with Gasteiger partial charge in [-0.05, 0) is 24.6 Å². The fraction of sp³-hybridized carbons (Fsp3) is 0.625. The lowest BCUT2D eigenvalue weighted by atomic mass is 10.0. The molecule has 1 aliphatic heterocycles. The van der Waals surface area contributed by atoms with Crippen LogP contribution in [0.5, 0.6) is 0 Å². The predicted octanol–water partition coefficient (Wildman–Crippen LogP) is 1.20. The maximum atomic E-state index is 12.7. The van der Waals surface area contributed by atoms with Crippen molar-refractivity contribution in [1.29, 1.82) is 0 Å². The number of carbonyl (C=O) groups excluding carboxylic acids is 2. The van der Waals surface area contributed by atoms with E-state index in [2.05, 4.69) is 17.1 Å². The molecule has 0 saturated carbocycles. The molecule has 1 aromatic rings. The number of furan rings is 1. The third kappa shape index (κ3) is 3.88. The molecule has 0 radical (unpaired) electrons. The van der Waals surface area contributed by atoms with Crippen LogP contribution < -0.4 is 5.32 Å². The van der Waals surface area contributed by atoms with Gasteiger partial charge in [-0.25, -0.2) is 0 Å². The Morgan fingerprint density at radius 1 is 1.27 bits per heavy atom. The molecule has 122 valence electrons. The van der Waals surface area contributed by atoms with Crippen molar-refractivity contribution < 1.29 is 14.0 Å². The first-order chi connectivity index (χ1) is 10.5. The molecule has 1 aromatic heterocycles. The highest BCUT2D eigenvalue weighted by Gasteiger charge is 2.31. The molecule has 0 aromatic carbocycles. The van der Waals surface area contributed by atoms with Crippen molar-refractivity contribution in [3.63, 3.8) is 0 Å². The van der Waals surface area contributed by atoms with Crippen LogP contribution in [0.2, 0.25) is 0 Å². The lowest BCUT2D eigenvalue weighted by molar-refractivity contribution is -0.136. The summed E-state index contributed by atoms with van der Waals surface area (Å²) < 4.78 is 5.09. The Bertz CT molecular complexity index is 491. The van der Waals surface area contributed by atoms with Crippen LogP contribution >= 0.6 is 0 Å². The van der Waals surface area contributed by atoms with Crippen LogP contribution in [0.3, 0.4) is 0 Å². The summed E-state index contributed by atoms with van der Waals surface area (Å²) in [5, 5.41) is 2.80. The second-order valence-corrected chi connectivity index (χ2v) is 5.93. The number of amides is 2. The van der Waals surface area contributed by atoms with Crippen LogP contribution in [0.1, 0.15) is 31.3 Å². The number of nitrogens with zero attached hydrogens (tertiary/aromatic N) is 2. The summed E-state index contributed by atoms with van der Waals surface area (Å²) in [6.45, 7) is 10.2. The summed E-state index contributed by atoms with van der Waals surface area (Å²) in [6, 6.07) is 2.73. The van der Waals surface area contributed by atoms with Gasteiger partial charge in [-0.2, -0.15) is 0 Å². The number of nitrogens with one attached hydrogen (secondary N) is 1. The molecule has 6 nitrogen and oxygen atoms in total. The summed E-state index contributed by atoms with van der Waals surface area (Å²) in [7, 11) is 0. The van der Waals surface area contributed by atoms with Crippen molar-refractivity contribution in [2.75, 3.05) is 32.7 Å². The van der Waals surface area contributed by atoms with Gasteiger partial charge < -0.3 is 19.5 Å². The molecular formula is C16H25N3O3. The van der Waals surface area contributed by atoms with E-state index in [4.69, 9.17) is 4.42 Å². The zero-order valence-electron chi connectivity index (χ0n) is 13.5. The summed E-state index contributed by atoms with van der Waals surface area (Å²) in [5.74, 6) is -0.0974. The molecule has 2 amide bonds. The van der Waals surface area contributed by atoms with Gasteiger partial charge in [0.25, 0.3) is 5.91 Å². The predicted molar refractivity (Wildman–Crippen MR) is 83.5 cm³/mol. The summed E-state index contributed by atoms with van der Waals surface area (Å²) in [5.41, 5.74) is 0. The number of carbonyl (C=O) groups is 2. The van der Waals surface area contributed by atoms with E-state index in [9.17, 15) is 9.59 Å². The summed E-state index contributed by atoms with van der Waals surface area (Å²) >= 11 is 0. The topological polar surface area (TPSA) is 65.8 Å². The molecule has 0 bridgehead atoms. The van der Waals surface area contributed by atoms with Crippen molar-refractivity contribution in [2.45, 2.75) is 26.8 Å². The fourth-order valence-corrected chi connectivity index (χ4v) is 2.61. The van der Waals surface area contributed by atoms with Crippen LogP contribution in [0, 0.1) is 5.92 Å². The zero-order chi connectivity index (χ0) is 16.1. The average molecular weight is 307 g/mol. The Balaban J connectivity index is 1.98. The molecule has 2 heterocycles. The SMILES string of the molecule is CCN1CCN(C(=O)C(NC(=O)c2ccco2)C(C)C)CC1. The molecule has 2 rings (SSSR count). The highest BCUT2D eigenvalue weighted by molar-refractivity contribution is 5.95. The second-order valence-electron chi connectivity index (χ2n) is 5.93. The van der Waals surface area contributed by atoms with Crippen LogP contribution in [0.25, 0.3) is 0 Å². The number of piperazine rings is 1. The highest BCUT2D eigenvalue weighted by Crippen LogP contribution is 2.11. The molecular weight excluding hydrogens is 282 g/mol. The van der Waals surface area contributed by atoms with Crippen molar-refractivity contribution in [2.24, 2.45) is 5.92 Å². The molecule has 1 N–H and O–H groups in total. The minimum atomic E-state index is -0.522. The molecule has 6 heteroatoms. The van der Waals surface area contributed by atoms with E-state index in [0.717, 1.165) is 19.6 Å². The molecule has 1 fully saturated rings. The average Bonchev–Trinajstić information content (AvgIpc) is 3.06. The Morgan fingerprint density at radius 3 is 2.45 bits per heavy atom. The van der Waals surface area contributed by atoms with Crippen molar-refractivity contribution >= 4 is 11.8 Å². The molecule has 1 unspecified atom stereocenters. The first-order valence-corrected chi connectivity index (χ1v) is 7.88. The molecule has 0 spiro atoms. The first-order valence-electron chi connectivity index (χ1n) is 7.88. The van der Waals surface area contributed by atoms with E-state index in [1.54, 1.807) is 12.1 Å². The smallest absolute Gasteiger partial charge is 0.287 e. The van der Waals surface area contributed by atoms with E-state index >= 15 is 0 Å². The van der Waals surface area contributed by atoms with Gasteiger partial charge in [0.05, 0.1) is 6.26 Å². The standard InChI is InChI=1S/C16H25N3O3/c1-4-18-7-9-19(10-8-18)16(21)14(12(2)3)17-15(20)13-6-5-11-22-13/h5-6,11-12,14H,4,7-10H2,1-3H3,(H,17,20). The van der Waals surface area contributed by atoms with Crippen LogP contribution in [0.4, 0.5) is 0 Å². The second kappa shape index (κ2) is 7.45. The number of hydrogen-bond donors (Lipinski definition) is 1. The molecule has 0 aliphatic carbocycles. The summed E-state index contributed by atoms with van der Waals surface area (Å²) in [4.78, 5) is 29.0. The van der Waals surface area contributed by atoms with Crippen LogP contribution in [-0.2, 0) is 4.79 Å². The lowest BCUT2D eigenvalue weighted by Gasteiger charge is -2.36. The van der Waals surface area contributed by atoms with Crippen molar-refractivity contribution in [1.82, 2.24) is 15.1 Å². The van der Waals surface area contributed by atoms with Crippen molar-refractivity contribution in [3.8, 4) is 0 Å². The minimum absolute atomic E-state index is 0.00865.